The van der Waals surface area contributed by atoms with Crippen LogP contribution in [0.25, 0.3) is 0 Å². The fraction of sp³-hybridized carbons (Fsp3) is 0.444. The molecule has 3 rings (SSSR count). The number of nitrogens with zero attached hydrogens (tertiary/aromatic N) is 2. The van der Waals surface area contributed by atoms with Gasteiger partial charge in [-0.25, -0.2) is 4.39 Å². The van der Waals surface area contributed by atoms with E-state index in [2.05, 4.69) is 6.07 Å². The fourth-order valence-electron chi connectivity index (χ4n) is 4.19. The van der Waals surface area contributed by atoms with Gasteiger partial charge in [0.25, 0.3) is 0 Å². The second-order valence-electron chi connectivity index (χ2n) is 9.50. The number of rotatable bonds is 10. The van der Waals surface area contributed by atoms with Gasteiger partial charge in [-0.05, 0) is 35.6 Å². The number of benzene rings is 2. The zero-order valence-electron chi connectivity index (χ0n) is 21.6. The van der Waals surface area contributed by atoms with E-state index in [1.54, 1.807) is 25.3 Å². The van der Waals surface area contributed by atoms with E-state index < -0.39 is 5.82 Å². The molecule has 1 heterocycles. The molecule has 0 saturated heterocycles. The van der Waals surface area contributed by atoms with Crippen molar-refractivity contribution < 1.29 is 28.1 Å². The van der Waals surface area contributed by atoms with Crippen LogP contribution in [0.2, 0.25) is 0 Å². The molecule has 2 aromatic rings. The van der Waals surface area contributed by atoms with Gasteiger partial charge in [0, 0.05) is 24.1 Å². The summed E-state index contributed by atoms with van der Waals surface area (Å²) in [7, 11) is 4.31. The molecule has 0 unspecified atom stereocenters. The van der Waals surface area contributed by atoms with Gasteiger partial charge in [0.1, 0.15) is 5.84 Å². The second-order valence-corrected chi connectivity index (χ2v) is 9.50. The highest BCUT2D eigenvalue weighted by molar-refractivity contribution is 6.06. The Labute approximate surface area is 211 Å². The largest absolute Gasteiger partial charge is 0.493 e. The molecule has 1 N–H and O–H groups in total. The molecule has 0 aromatic heterocycles. The van der Waals surface area contributed by atoms with Crippen molar-refractivity contribution in [2.24, 2.45) is 0 Å². The van der Waals surface area contributed by atoms with Gasteiger partial charge in [-0.1, -0.05) is 20.8 Å². The Morgan fingerprint density at radius 2 is 1.81 bits per heavy atom. The number of methoxy groups -OCH3 is 3. The van der Waals surface area contributed by atoms with E-state index in [4.69, 9.17) is 29.6 Å². The third kappa shape index (κ3) is 5.23. The Hall–Kier alpha value is -3.80. The second kappa shape index (κ2) is 10.9. The summed E-state index contributed by atoms with van der Waals surface area (Å²) < 4.78 is 37.0. The summed E-state index contributed by atoms with van der Waals surface area (Å²) in [5.74, 6) is 0.107. The number of nitriles is 1. The monoisotopic (exact) mass is 497 g/mol. The summed E-state index contributed by atoms with van der Waals surface area (Å²) in [6.45, 7) is 6.40. The molecular weight excluding hydrogens is 465 g/mol. The Morgan fingerprint density at radius 3 is 2.39 bits per heavy atom. The molecule has 1 aliphatic heterocycles. The van der Waals surface area contributed by atoms with Crippen molar-refractivity contribution in [3.05, 3.63) is 46.3 Å². The number of nitrogens with one attached hydrogen (secondary N) is 1. The normalized spacial score (nSPS) is 12.7. The minimum atomic E-state index is -0.681. The Bertz CT molecular complexity index is 1210. The molecule has 8 nitrogen and oxygen atoms in total. The highest BCUT2D eigenvalue weighted by Gasteiger charge is 2.33. The van der Waals surface area contributed by atoms with Crippen LogP contribution in [0.5, 0.6) is 23.0 Å². The summed E-state index contributed by atoms with van der Waals surface area (Å²) in [5.41, 5.74) is 1.50. The highest BCUT2D eigenvalue weighted by Crippen LogP contribution is 2.41. The molecule has 0 saturated carbocycles. The minimum absolute atomic E-state index is 0.0719. The van der Waals surface area contributed by atoms with Gasteiger partial charge in [-0.3, -0.25) is 10.2 Å². The standard InChI is InChI=1S/C27H32FN3O5/c1-27(2,3)18-11-16(12-21(24(18)34-5)36-10-8-7-9-29)19(32)15-31-14-17-13-20(33-4)25(35-6)23(28)22(17)26(31)30/h11-13,30H,7-8,10,14-15H2,1-6H3. The lowest BCUT2D eigenvalue weighted by molar-refractivity contribution is 0.0962. The zero-order valence-corrected chi connectivity index (χ0v) is 21.6. The van der Waals surface area contributed by atoms with Crippen molar-refractivity contribution in [3.63, 3.8) is 0 Å². The van der Waals surface area contributed by atoms with E-state index in [0.717, 1.165) is 5.56 Å². The number of Topliss-reactive ketones (excluding diaryl/α,β-unsaturated/α-hetero) is 1. The van der Waals surface area contributed by atoms with Gasteiger partial charge in [0.2, 0.25) is 0 Å². The summed E-state index contributed by atoms with van der Waals surface area (Å²) >= 11 is 0. The number of hydrogen-bond donors (Lipinski definition) is 1. The molecule has 2 aromatic carbocycles. The van der Waals surface area contributed by atoms with E-state index in [1.165, 1.54) is 19.1 Å². The maximum Gasteiger partial charge on any atom is 0.197 e. The minimum Gasteiger partial charge on any atom is -0.493 e. The van der Waals surface area contributed by atoms with Crippen LogP contribution in [0.15, 0.2) is 18.2 Å². The lowest BCUT2D eigenvalue weighted by atomic mass is 9.84. The van der Waals surface area contributed by atoms with Gasteiger partial charge < -0.3 is 23.8 Å². The van der Waals surface area contributed by atoms with Crippen molar-refractivity contribution in [1.29, 1.82) is 10.7 Å². The molecule has 192 valence electrons. The number of amidine groups is 1. The van der Waals surface area contributed by atoms with E-state index in [9.17, 15) is 4.79 Å². The highest BCUT2D eigenvalue weighted by atomic mass is 19.1. The van der Waals surface area contributed by atoms with Crippen LogP contribution in [0.4, 0.5) is 4.39 Å². The first-order valence-electron chi connectivity index (χ1n) is 11.6. The van der Waals surface area contributed by atoms with Crippen LogP contribution in [0.3, 0.4) is 0 Å². The van der Waals surface area contributed by atoms with Crippen molar-refractivity contribution in [2.75, 3.05) is 34.5 Å². The van der Waals surface area contributed by atoms with E-state index >= 15 is 4.39 Å². The van der Waals surface area contributed by atoms with Crippen molar-refractivity contribution in [3.8, 4) is 29.1 Å². The lowest BCUT2D eigenvalue weighted by Gasteiger charge is -2.25. The third-order valence-electron chi connectivity index (χ3n) is 6.02. The smallest absolute Gasteiger partial charge is 0.197 e. The molecule has 0 bridgehead atoms. The van der Waals surface area contributed by atoms with Crippen LogP contribution in [-0.2, 0) is 12.0 Å². The number of fused-ring (bicyclic) bond motifs is 1. The number of ether oxygens (including phenoxy) is 4. The molecule has 0 amide bonds. The first-order valence-corrected chi connectivity index (χ1v) is 11.6. The maximum absolute atomic E-state index is 15.1. The average Bonchev–Trinajstić information content (AvgIpc) is 3.15. The average molecular weight is 498 g/mol. The summed E-state index contributed by atoms with van der Waals surface area (Å²) in [4.78, 5) is 14.9. The van der Waals surface area contributed by atoms with Gasteiger partial charge in [-0.15, -0.1) is 0 Å². The van der Waals surface area contributed by atoms with Crippen LogP contribution in [0.1, 0.15) is 60.7 Å². The SMILES string of the molecule is COc1cc2c(c(F)c1OC)C(=N)N(CC(=O)c1cc(OCCCC#N)c(OC)c(C(C)(C)C)c1)C2. The van der Waals surface area contributed by atoms with E-state index in [-0.39, 0.29) is 47.2 Å². The molecule has 0 spiro atoms. The van der Waals surface area contributed by atoms with Crippen LogP contribution in [-0.4, -0.2) is 51.0 Å². The van der Waals surface area contributed by atoms with Crippen LogP contribution >= 0.6 is 0 Å². The molecule has 0 aliphatic carbocycles. The molecule has 1 aliphatic rings. The van der Waals surface area contributed by atoms with Crippen molar-refractivity contribution in [2.45, 2.75) is 45.6 Å². The Morgan fingerprint density at radius 1 is 1.11 bits per heavy atom. The third-order valence-corrected chi connectivity index (χ3v) is 6.02. The number of unbranched alkanes of at least 4 members (excludes halogenated alkanes) is 1. The number of carbonyl (C=O) groups is 1. The van der Waals surface area contributed by atoms with E-state index in [1.807, 2.05) is 20.8 Å². The number of carbonyl (C=O) groups excluding carboxylic acids is 1. The molecular formula is C27H32FN3O5. The van der Waals surface area contributed by atoms with E-state index in [0.29, 0.717) is 42.1 Å². The zero-order chi connectivity index (χ0) is 26.6. The topological polar surface area (TPSA) is 105 Å². The summed E-state index contributed by atoms with van der Waals surface area (Å²) in [6.07, 6.45) is 0.904. The number of hydrogen-bond acceptors (Lipinski definition) is 7. The van der Waals surface area contributed by atoms with Crippen LogP contribution < -0.4 is 18.9 Å². The quantitative estimate of drug-likeness (QED) is 0.369. The molecule has 36 heavy (non-hydrogen) atoms. The number of ketones is 1. The number of halogens is 1. The van der Waals surface area contributed by atoms with Gasteiger partial charge in [0.05, 0.1) is 46.1 Å². The predicted octanol–water partition coefficient (Wildman–Crippen LogP) is 4.86. The summed E-state index contributed by atoms with van der Waals surface area (Å²) in [5, 5.41) is 17.3. The van der Waals surface area contributed by atoms with Crippen molar-refractivity contribution >= 4 is 11.6 Å². The summed E-state index contributed by atoms with van der Waals surface area (Å²) in [6, 6.07) is 7.13. The molecule has 9 heteroatoms. The first-order chi connectivity index (χ1) is 17.1. The molecule has 0 radical (unpaired) electrons. The van der Waals surface area contributed by atoms with Crippen LogP contribution in [0, 0.1) is 22.6 Å². The Kier molecular flexibility index (Phi) is 8.08. The van der Waals surface area contributed by atoms with Gasteiger partial charge >= 0.3 is 0 Å². The maximum atomic E-state index is 15.1. The Balaban J connectivity index is 1.92. The lowest BCUT2D eigenvalue weighted by Crippen LogP contribution is -2.30. The molecule has 0 fully saturated rings. The van der Waals surface area contributed by atoms with Crippen molar-refractivity contribution in [1.82, 2.24) is 4.90 Å². The van der Waals surface area contributed by atoms with Gasteiger partial charge in [0.15, 0.2) is 34.6 Å². The first kappa shape index (κ1) is 26.8. The fourth-order valence-corrected chi connectivity index (χ4v) is 4.19. The van der Waals surface area contributed by atoms with Gasteiger partial charge in [-0.2, -0.15) is 5.26 Å². The predicted molar refractivity (Wildman–Crippen MR) is 133 cm³/mol. The molecule has 0 atom stereocenters.